The predicted molar refractivity (Wildman–Crippen MR) is 69.6 cm³/mol. The maximum Gasteiger partial charge on any atom is 0.401 e. The smallest absolute Gasteiger partial charge is 0.401 e. The SMILES string of the molecule is O=C(Cc1cccnc1)OC1CCN(CC(F)(F)F)CC1. The molecule has 7 heteroatoms. The zero-order valence-corrected chi connectivity index (χ0v) is 11.5. The molecule has 0 amide bonds. The van der Waals surface area contributed by atoms with Crippen LogP contribution >= 0.6 is 0 Å². The van der Waals surface area contributed by atoms with Crippen LogP contribution in [0.2, 0.25) is 0 Å². The molecule has 21 heavy (non-hydrogen) atoms. The quantitative estimate of drug-likeness (QED) is 0.800. The topological polar surface area (TPSA) is 42.4 Å². The summed E-state index contributed by atoms with van der Waals surface area (Å²) in [7, 11) is 0. The summed E-state index contributed by atoms with van der Waals surface area (Å²) < 4.78 is 42.1. The van der Waals surface area contributed by atoms with Gasteiger partial charge in [-0.3, -0.25) is 14.7 Å². The van der Waals surface area contributed by atoms with Gasteiger partial charge < -0.3 is 4.74 Å². The van der Waals surface area contributed by atoms with Crippen LogP contribution in [0.4, 0.5) is 13.2 Å². The summed E-state index contributed by atoms with van der Waals surface area (Å²) in [5.41, 5.74) is 0.761. The molecular weight excluding hydrogens is 285 g/mol. The lowest BCUT2D eigenvalue weighted by Gasteiger charge is -2.31. The van der Waals surface area contributed by atoms with Crippen LogP contribution in [-0.2, 0) is 16.0 Å². The van der Waals surface area contributed by atoms with E-state index in [0.717, 1.165) is 5.56 Å². The molecule has 2 rings (SSSR count). The number of hydrogen-bond donors (Lipinski definition) is 0. The summed E-state index contributed by atoms with van der Waals surface area (Å²) in [5, 5.41) is 0. The van der Waals surface area contributed by atoms with E-state index in [9.17, 15) is 18.0 Å². The van der Waals surface area contributed by atoms with E-state index < -0.39 is 12.7 Å². The van der Waals surface area contributed by atoms with Crippen LogP contribution in [0, 0.1) is 0 Å². The number of piperidine rings is 1. The summed E-state index contributed by atoms with van der Waals surface area (Å²) in [4.78, 5) is 17.0. The van der Waals surface area contributed by atoms with Gasteiger partial charge in [0.1, 0.15) is 6.10 Å². The molecule has 1 saturated heterocycles. The number of ether oxygens (including phenoxy) is 1. The Labute approximate surface area is 120 Å². The number of hydrogen-bond acceptors (Lipinski definition) is 4. The maximum atomic E-state index is 12.3. The molecule has 0 spiro atoms. The molecule has 0 radical (unpaired) electrons. The monoisotopic (exact) mass is 302 g/mol. The van der Waals surface area contributed by atoms with Crippen molar-refractivity contribution >= 4 is 5.97 Å². The second-order valence-corrected chi connectivity index (χ2v) is 5.12. The van der Waals surface area contributed by atoms with Crippen molar-refractivity contribution in [1.29, 1.82) is 0 Å². The summed E-state index contributed by atoms with van der Waals surface area (Å²) in [6.07, 6.45) is -0.249. The first-order valence-electron chi connectivity index (χ1n) is 6.80. The number of pyridine rings is 1. The molecule has 0 aliphatic carbocycles. The maximum absolute atomic E-state index is 12.3. The van der Waals surface area contributed by atoms with Gasteiger partial charge >= 0.3 is 12.1 Å². The predicted octanol–water partition coefficient (Wildman–Crippen LogP) is 2.19. The number of halogens is 3. The van der Waals surface area contributed by atoms with E-state index in [2.05, 4.69) is 4.98 Å². The second kappa shape index (κ2) is 6.89. The van der Waals surface area contributed by atoms with Crippen LogP contribution < -0.4 is 0 Å². The third-order valence-corrected chi connectivity index (χ3v) is 3.31. The number of rotatable bonds is 4. The van der Waals surface area contributed by atoms with Crippen molar-refractivity contribution in [2.75, 3.05) is 19.6 Å². The Balaban J connectivity index is 1.72. The second-order valence-electron chi connectivity index (χ2n) is 5.12. The van der Waals surface area contributed by atoms with E-state index in [-0.39, 0.29) is 18.5 Å². The van der Waals surface area contributed by atoms with Gasteiger partial charge in [-0.15, -0.1) is 0 Å². The number of aromatic nitrogens is 1. The van der Waals surface area contributed by atoms with Crippen LogP contribution in [-0.4, -0.2) is 47.8 Å². The first-order valence-corrected chi connectivity index (χ1v) is 6.80. The molecule has 0 saturated carbocycles. The Morgan fingerprint density at radius 1 is 1.38 bits per heavy atom. The molecule has 1 fully saturated rings. The van der Waals surface area contributed by atoms with Crippen molar-refractivity contribution in [2.24, 2.45) is 0 Å². The molecular formula is C14H17F3N2O2. The van der Waals surface area contributed by atoms with Crippen LogP contribution in [0.3, 0.4) is 0 Å². The number of likely N-dealkylation sites (tertiary alicyclic amines) is 1. The van der Waals surface area contributed by atoms with Crippen molar-refractivity contribution in [3.63, 3.8) is 0 Å². The number of carbonyl (C=O) groups is 1. The van der Waals surface area contributed by atoms with Gasteiger partial charge in [0.25, 0.3) is 0 Å². The average molecular weight is 302 g/mol. The summed E-state index contributed by atoms with van der Waals surface area (Å²) in [5.74, 6) is -0.364. The van der Waals surface area contributed by atoms with Gasteiger partial charge in [0.05, 0.1) is 13.0 Å². The highest BCUT2D eigenvalue weighted by atomic mass is 19.4. The Hall–Kier alpha value is -1.63. The molecule has 1 aliphatic heterocycles. The van der Waals surface area contributed by atoms with Gasteiger partial charge in [0, 0.05) is 25.5 Å². The van der Waals surface area contributed by atoms with Crippen molar-refractivity contribution in [3.8, 4) is 0 Å². The number of carbonyl (C=O) groups excluding carboxylic acids is 1. The minimum absolute atomic E-state index is 0.136. The summed E-state index contributed by atoms with van der Waals surface area (Å²) >= 11 is 0. The number of esters is 1. The van der Waals surface area contributed by atoms with Crippen molar-refractivity contribution in [3.05, 3.63) is 30.1 Å². The van der Waals surface area contributed by atoms with E-state index >= 15 is 0 Å². The fraction of sp³-hybridized carbons (Fsp3) is 0.571. The third-order valence-electron chi connectivity index (χ3n) is 3.31. The summed E-state index contributed by atoms with van der Waals surface area (Å²) in [6, 6.07) is 3.51. The van der Waals surface area contributed by atoms with Crippen LogP contribution in [0.1, 0.15) is 18.4 Å². The zero-order valence-electron chi connectivity index (χ0n) is 11.5. The van der Waals surface area contributed by atoms with E-state index in [1.165, 1.54) is 4.90 Å². The minimum Gasteiger partial charge on any atom is -0.462 e. The van der Waals surface area contributed by atoms with E-state index in [1.807, 2.05) is 0 Å². The molecule has 1 aromatic rings. The fourth-order valence-corrected chi connectivity index (χ4v) is 2.34. The normalized spacial score (nSPS) is 17.7. The van der Waals surface area contributed by atoms with Crippen LogP contribution in [0.15, 0.2) is 24.5 Å². The Bertz CT molecular complexity index is 457. The third kappa shape index (κ3) is 5.71. The lowest BCUT2D eigenvalue weighted by Crippen LogP contribution is -2.42. The molecule has 0 unspecified atom stereocenters. The Morgan fingerprint density at radius 2 is 2.10 bits per heavy atom. The Kier molecular flexibility index (Phi) is 5.17. The molecule has 0 aromatic carbocycles. The van der Waals surface area contributed by atoms with Gasteiger partial charge in [-0.1, -0.05) is 6.07 Å². The first-order chi connectivity index (χ1) is 9.92. The van der Waals surface area contributed by atoms with Gasteiger partial charge in [0.15, 0.2) is 0 Å². The van der Waals surface area contributed by atoms with Crippen LogP contribution in [0.25, 0.3) is 0 Å². The lowest BCUT2D eigenvalue weighted by molar-refractivity contribution is -0.159. The molecule has 0 bridgehead atoms. The van der Waals surface area contributed by atoms with Crippen molar-refractivity contribution in [2.45, 2.75) is 31.5 Å². The lowest BCUT2D eigenvalue weighted by atomic mass is 10.1. The van der Waals surface area contributed by atoms with Crippen molar-refractivity contribution < 1.29 is 22.7 Å². The minimum atomic E-state index is -4.18. The molecule has 0 N–H and O–H groups in total. The highest BCUT2D eigenvalue weighted by Gasteiger charge is 2.33. The standard InChI is InChI=1S/C14H17F3N2O2/c15-14(16,17)10-19-6-3-12(4-7-19)21-13(20)8-11-2-1-5-18-9-11/h1-2,5,9,12H,3-4,6-8,10H2. The van der Waals surface area contributed by atoms with E-state index in [1.54, 1.807) is 24.5 Å². The zero-order chi connectivity index (χ0) is 15.3. The highest BCUT2D eigenvalue weighted by Crippen LogP contribution is 2.21. The van der Waals surface area contributed by atoms with E-state index in [0.29, 0.717) is 25.9 Å². The largest absolute Gasteiger partial charge is 0.462 e. The molecule has 1 aromatic heterocycles. The fourth-order valence-electron chi connectivity index (χ4n) is 2.34. The van der Waals surface area contributed by atoms with Crippen molar-refractivity contribution in [1.82, 2.24) is 9.88 Å². The average Bonchev–Trinajstić information content (AvgIpc) is 2.40. The molecule has 116 valence electrons. The number of alkyl halides is 3. The summed E-state index contributed by atoms with van der Waals surface area (Å²) in [6.45, 7) is -0.307. The highest BCUT2D eigenvalue weighted by molar-refractivity contribution is 5.72. The molecule has 2 heterocycles. The molecule has 4 nitrogen and oxygen atoms in total. The first kappa shape index (κ1) is 15.8. The van der Waals surface area contributed by atoms with Gasteiger partial charge in [0.2, 0.25) is 0 Å². The van der Waals surface area contributed by atoms with Crippen LogP contribution in [0.5, 0.6) is 0 Å². The van der Waals surface area contributed by atoms with Gasteiger partial charge in [-0.05, 0) is 24.5 Å². The molecule has 0 atom stereocenters. The number of nitrogens with zero attached hydrogens (tertiary/aromatic N) is 2. The Morgan fingerprint density at radius 3 is 2.67 bits per heavy atom. The van der Waals surface area contributed by atoms with Gasteiger partial charge in [-0.2, -0.15) is 13.2 Å². The van der Waals surface area contributed by atoms with E-state index in [4.69, 9.17) is 4.74 Å². The molecule has 1 aliphatic rings. The van der Waals surface area contributed by atoms with Gasteiger partial charge in [-0.25, -0.2) is 0 Å².